The van der Waals surface area contributed by atoms with Gasteiger partial charge < -0.3 is 4.90 Å². The SMILES string of the molecule is c1ccc(-c2ccc3cc(-c4ccc(N(c5cccc(-c6ccc7ccccc7c6)c5)c5cccc6sc7ccccc7c56)cc4)ccc3c2)cc1. The van der Waals surface area contributed by atoms with Crippen molar-refractivity contribution in [2.75, 3.05) is 4.90 Å². The van der Waals surface area contributed by atoms with Crippen molar-refractivity contribution >= 4 is 70.1 Å². The second kappa shape index (κ2) is 12.7. The minimum Gasteiger partial charge on any atom is -0.310 e. The van der Waals surface area contributed by atoms with E-state index in [2.05, 4.69) is 205 Å². The van der Waals surface area contributed by atoms with Gasteiger partial charge in [0.1, 0.15) is 0 Å². The zero-order chi connectivity index (χ0) is 34.4. The first-order valence-corrected chi connectivity index (χ1v) is 18.6. The first-order chi connectivity index (χ1) is 25.7. The van der Waals surface area contributed by atoms with E-state index in [0.717, 1.165) is 11.4 Å². The van der Waals surface area contributed by atoms with Crippen LogP contribution in [0.4, 0.5) is 17.1 Å². The van der Waals surface area contributed by atoms with Crippen LogP contribution >= 0.6 is 11.3 Å². The molecule has 0 saturated heterocycles. The van der Waals surface area contributed by atoms with Crippen LogP contribution in [-0.2, 0) is 0 Å². The van der Waals surface area contributed by atoms with Gasteiger partial charge >= 0.3 is 0 Å². The quantitative estimate of drug-likeness (QED) is 0.169. The number of benzene rings is 9. The molecule has 1 heterocycles. The molecule has 9 aromatic carbocycles. The van der Waals surface area contributed by atoms with Crippen molar-refractivity contribution in [2.45, 2.75) is 0 Å². The van der Waals surface area contributed by atoms with E-state index in [4.69, 9.17) is 0 Å². The number of anilines is 3. The first-order valence-electron chi connectivity index (χ1n) is 17.7. The molecule has 0 N–H and O–H groups in total. The number of rotatable bonds is 6. The van der Waals surface area contributed by atoms with Gasteiger partial charge in [0.05, 0.1) is 5.69 Å². The molecule has 244 valence electrons. The highest BCUT2D eigenvalue weighted by Crippen LogP contribution is 2.45. The van der Waals surface area contributed by atoms with Crippen LogP contribution in [0.25, 0.3) is 75.1 Å². The maximum absolute atomic E-state index is 2.43. The highest BCUT2D eigenvalue weighted by atomic mass is 32.1. The van der Waals surface area contributed by atoms with Crippen LogP contribution in [0.5, 0.6) is 0 Å². The van der Waals surface area contributed by atoms with Gasteiger partial charge in [0.2, 0.25) is 0 Å². The highest BCUT2D eigenvalue weighted by molar-refractivity contribution is 7.26. The Hall–Kier alpha value is -6.48. The number of hydrogen-bond donors (Lipinski definition) is 0. The molecular weight excluding hydrogens is 647 g/mol. The summed E-state index contributed by atoms with van der Waals surface area (Å²) in [7, 11) is 0. The van der Waals surface area contributed by atoms with Gasteiger partial charge in [0.25, 0.3) is 0 Å². The Morgan fingerprint density at radius 1 is 0.308 bits per heavy atom. The molecule has 10 rings (SSSR count). The Balaban J connectivity index is 1.08. The maximum Gasteiger partial charge on any atom is 0.0554 e. The number of nitrogens with zero attached hydrogens (tertiary/aromatic N) is 1. The lowest BCUT2D eigenvalue weighted by atomic mass is 9.97. The van der Waals surface area contributed by atoms with E-state index < -0.39 is 0 Å². The Labute approximate surface area is 307 Å². The van der Waals surface area contributed by atoms with Crippen molar-refractivity contribution < 1.29 is 0 Å². The van der Waals surface area contributed by atoms with Gasteiger partial charge in [-0.05, 0) is 116 Å². The smallest absolute Gasteiger partial charge is 0.0554 e. The normalized spacial score (nSPS) is 11.5. The third kappa shape index (κ3) is 5.42. The summed E-state index contributed by atoms with van der Waals surface area (Å²) in [6, 6.07) is 73.0. The van der Waals surface area contributed by atoms with Gasteiger partial charge in [-0.15, -0.1) is 11.3 Å². The Bertz CT molecular complexity index is 2900. The summed E-state index contributed by atoms with van der Waals surface area (Å²) in [4.78, 5) is 2.43. The van der Waals surface area contributed by atoms with E-state index in [1.807, 2.05) is 11.3 Å². The van der Waals surface area contributed by atoms with E-state index in [0.29, 0.717) is 0 Å². The molecule has 1 nitrogen and oxygen atoms in total. The fourth-order valence-electron chi connectivity index (χ4n) is 7.60. The molecule has 0 saturated carbocycles. The Morgan fingerprint density at radius 3 is 1.60 bits per heavy atom. The van der Waals surface area contributed by atoms with E-state index in [-0.39, 0.29) is 0 Å². The van der Waals surface area contributed by atoms with Gasteiger partial charge in [-0.1, -0.05) is 140 Å². The maximum atomic E-state index is 2.43. The molecule has 0 aliphatic carbocycles. The summed E-state index contributed by atoms with van der Waals surface area (Å²) in [5.74, 6) is 0. The summed E-state index contributed by atoms with van der Waals surface area (Å²) >= 11 is 1.86. The molecule has 0 unspecified atom stereocenters. The fraction of sp³-hybridized carbons (Fsp3) is 0. The number of hydrogen-bond acceptors (Lipinski definition) is 2. The third-order valence-corrected chi connectivity index (χ3v) is 11.4. The topological polar surface area (TPSA) is 3.24 Å². The van der Waals surface area contributed by atoms with Crippen LogP contribution in [0.2, 0.25) is 0 Å². The molecule has 2 heteroatoms. The third-order valence-electron chi connectivity index (χ3n) is 10.2. The standard InChI is InChI=1S/C50H33NS/c1-2-10-34(11-3-1)39-22-24-43-32-40(23-25-42(43)31-39)36-26-28-44(29-27-36)51(47-17-9-19-49-50(47)46-16-6-7-18-48(46)52-49)45-15-8-14-38(33-45)41-21-20-35-12-4-5-13-37(35)30-41/h1-33H. The van der Waals surface area contributed by atoms with Crippen molar-refractivity contribution in [1.82, 2.24) is 0 Å². The van der Waals surface area contributed by atoms with Crippen LogP contribution in [0.15, 0.2) is 200 Å². The molecule has 0 aliphatic heterocycles. The lowest BCUT2D eigenvalue weighted by Crippen LogP contribution is -2.10. The molecule has 0 amide bonds. The lowest BCUT2D eigenvalue weighted by molar-refractivity contribution is 1.30. The summed E-state index contributed by atoms with van der Waals surface area (Å²) in [5, 5.41) is 7.56. The average molecular weight is 680 g/mol. The van der Waals surface area contributed by atoms with Gasteiger partial charge in [-0.25, -0.2) is 0 Å². The van der Waals surface area contributed by atoms with Crippen molar-refractivity contribution in [3.05, 3.63) is 200 Å². The molecule has 1 aromatic heterocycles. The molecule has 0 aliphatic rings. The molecule has 0 spiro atoms. The number of fused-ring (bicyclic) bond motifs is 5. The largest absolute Gasteiger partial charge is 0.310 e. The average Bonchev–Trinajstić information content (AvgIpc) is 3.61. The molecule has 52 heavy (non-hydrogen) atoms. The van der Waals surface area contributed by atoms with Gasteiger partial charge in [0, 0.05) is 31.5 Å². The monoisotopic (exact) mass is 679 g/mol. The van der Waals surface area contributed by atoms with E-state index in [1.165, 1.54) is 80.8 Å². The molecule has 0 atom stereocenters. The lowest BCUT2D eigenvalue weighted by Gasteiger charge is -2.27. The van der Waals surface area contributed by atoms with Gasteiger partial charge in [-0.3, -0.25) is 0 Å². The summed E-state index contributed by atoms with van der Waals surface area (Å²) in [6.45, 7) is 0. The minimum atomic E-state index is 1.12. The van der Waals surface area contributed by atoms with Crippen molar-refractivity contribution in [2.24, 2.45) is 0 Å². The van der Waals surface area contributed by atoms with Crippen LogP contribution in [0.3, 0.4) is 0 Å². The number of thiophene rings is 1. The minimum absolute atomic E-state index is 1.12. The van der Waals surface area contributed by atoms with E-state index >= 15 is 0 Å². The van der Waals surface area contributed by atoms with Crippen molar-refractivity contribution in [1.29, 1.82) is 0 Å². The van der Waals surface area contributed by atoms with Crippen LogP contribution in [0.1, 0.15) is 0 Å². The predicted molar refractivity (Wildman–Crippen MR) is 225 cm³/mol. The predicted octanol–water partition coefficient (Wildman–Crippen LogP) is 14.8. The van der Waals surface area contributed by atoms with Crippen LogP contribution in [0, 0.1) is 0 Å². The first kappa shape index (κ1) is 30.4. The van der Waals surface area contributed by atoms with Crippen LogP contribution in [-0.4, -0.2) is 0 Å². The Kier molecular flexibility index (Phi) is 7.41. The van der Waals surface area contributed by atoms with E-state index in [1.54, 1.807) is 0 Å². The summed E-state index contributed by atoms with van der Waals surface area (Å²) in [5.41, 5.74) is 10.7. The zero-order valence-electron chi connectivity index (χ0n) is 28.4. The van der Waals surface area contributed by atoms with Gasteiger partial charge in [0.15, 0.2) is 0 Å². The highest BCUT2D eigenvalue weighted by Gasteiger charge is 2.19. The molecule has 0 fully saturated rings. The van der Waals surface area contributed by atoms with Gasteiger partial charge in [-0.2, -0.15) is 0 Å². The zero-order valence-corrected chi connectivity index (χ0v) is 29.2. The Morgan fingerprint density at radius 2 is 0.827 bits per heavy atom. The van der Waals surface area contributed by atoms with Crippen LogP contribution < -0.4 is 4.90 Å². The van der Waals surface area contributed by atoms with Crippen molar-refractivity contribution in [3.8, 4) is 33.4 Å². The fourth-order valence-corrected chi connectivity index (χ4v) is 8.73. The summed E-state index contributed by atoms with van der Waals surface area (Å²) in [6.07, 6.45) is 0. The molecular formula is C50H33NS. The second-order valence-corrected chi connectivity index (χ2v) is 14.5. The second-order valence-electron chi connectivity index (χ2n) is 13.4. The van der Waals surface area contributed by atoms with Crippen molar-refractivity contribution in [3.63, 3.8) is 0 Å². The van der Waals surface area contributed by atoms with E-state index in [9.17, 15) is 0 Å². The molecule has 0 bridgehead atoms. The molecule has 0 radical (unpaired) electrons. The summed E-state index contributed by atoms with van der Waals surface area (Å²) < 4.78 is 2.59. The molecule has 10 aromatic rings.